The SMILES string of the molecule is COc1cc(C(N)C[C@H]2CCCN2C)c(C)cc1Nc1ncnc(Nc2cc(Cl)c(F)cc2C(C)(C)O)n1. The Balaban J connectivity index is 1.56. The Bertz CT molecular complexity index is 1300. The van der Waals surface area contributed by atoms with Crippen LogP contribution in [0.5, 0.6) is 5.75 Å². The van der Waals surface area contributed by atoms with Crippen LogP contribution < -0.4 is 21.1 Å². The second-order valence-corrected chi connectivity index (χ2v) is 10.7. The number of aryl methyl sites for hydroxylation is 1. The van der Waals surface area contributed by atoms with Gasteiger partial charge in [-0.25, -0.2) is 14.4 Å². The first kappa shape index (κ1) is 28.0. The second kappa shape index (κ2) is 11.4. The molecule has 1 aliphatic heterocycles. The number of likely N-dealkylation sites (tertiary alicyclic amines) is 1. The van der Waals surface area contributed by atoms with E-state index in [-0.39, 0.29) is 23.0 Å². The minimum absolute atomic E-state index is 0.0917. The maximum atomic E-state index is 14.1. The molecular weight excluding hydrogens is 509 g/mol. The predicted molar refractivity (Wildman–Crippen MR) is 148 cm³/mol. The van der Waals surface area contributed by atoms with Crippen molar-refractivity contribution in [3.8, 4) is 5.75 Å². The fourth-order valence-electron chi connectivity index (χ4n) is 4.88. The molecule has 0 bridgehead atoms. The third kappa shape index (κ3) is 6.32. The van der Waals surface area contributed by atoms with Crippen LogP contribution in [-0.2, 0) is 5.60 Å². The van der Waals surface area contributed by atoms with E-state index in [0.29, 0.717) is 28.7 Å². The van der Waals surface area contributed by atoms with Crippen molar-refractivity contribution in [3.63, 3.8) is 0 Å². The molecule has 9 nitrogen and oxygen atoms in total. The Morgan fingerprint density at radius 3 is 2.50 bits per heavy atom. The molecule has 4 rings (SSSR count). The lowest BCUT2D eigenvalue weighted by Gasteiger charge is -2.25. The minimum atomic E-state index is -1.33. The molecule has 0 saturated carbocycles. The van der Waals surface area contributed by atoms with E-state index >= 15 is 0 Å². The lowest BCUT2D eigenvalue weighted by molar-refractivity contribution is 0.0790. The van der Waals surface area contributed by atoms with E-state index in [0.717, 1.165) is 30.5 Å². The van der Waals surface area contributed by atoms with Gasteiger partial charge in [0, 0.05) is 23.3 Å². The van der Waals surface area contributed by atoms with E-state index in [1.807, 2.05) is 19.1 Å². The highest BCUT2D eigenvalue weighted by atomic mass is 35.5. The van der Waals surface area contributed by atoms with Crippen molar-refractivity contribution in [3.05, 3.63) is 58.1 Å². The van der Waals surface area contributed by atoms with Gasteiger partial charge in [-0.05, 0) is 89.0 Å². The number of hydrogen-bond donors (Lipinski definition) is 4. The van der Waals surface area contributed by atoms with Crippen molar-refractivity contribution in [2.24, 2.45) is 5.73 Å². The van der Waals surface area contributed by atoms with Gasteiger partial charge in [-0.1, -0.05) is 11.6 Å². The van der Waals surface area contributed by atoms with Crippen LogP contribution in [0.1, 0.15) is 55.8 Å². The third-order valence-corrected chi connectivity index (χ3v) is 7.26. The van der Waals surface area contributed by atoms with E-state index < -0.39 is 11.4 Å². The lowest BCUT2D eigenvalue weighted by Crippen LogP contribution is -2.29. The van der Waals surface area contributed by atoms with Gasteiger partial charge in [0.25, 0.3) is 0 Å². The number of nitrogens with zero attached hydrogens (tertiary/aromatic N) is 4. The molecule has 1 unspecified atom stereocenters. The summed E-state index contributed by atoms with van der Waals surface area (Å²) in [6.45, 7) is 6.24. The number of ether oxygens (including phenoxy) is 1. The summed E-state index contributed by atoms with van der Waals surface area (Å²) in [4.78, 5) is 15.2. The molecule has 0 amide bonds. The Labute approximate surface area is 227 Å². The van der Waals surface area contributed by atoms with E-state index in [9.17, 15) is 9.50 Å². The number of nitrogens with two attached hydrogens (primary N) is 1. The summed E-state index contributed by atoms with van der Waals surface area (Å²) in [5, 5.41) is 16.6. The molecule has 3 aromatic rings. The zero-order valence-corrected chi connectivity index (χ0v) is 23.1. The number of hydrogen-bond acceptors (Lipinski definition) is 9. The van der Waals surface area contributed by atoms with E-state index in [2.05, 4.69) is 37.5 Å². The average molecular weight is 544 g/mol. The Hall–Kier alpha value is -3.05. The standard InChI is InChI=1S/C27H35ClFN7O2/c1-15-9-23(24(38-5)11-17(15)21(30)10-16-7-6-8-36(16)4)34-26-32-14-31-25(35-26)33-22-13-19(28)20(29)12-18(22)27(2,3)37/h9,11-14,16,21,37H,6-8,10,30H2,1-5H3,(H2,31,32,33,34,35)/t16-,21?/m1/s1. The number of anilines is 4. The summed E-state index contributed by atoms with van der Waals surface area (Å²) in [5.41, 5.74) is 8.73. The molecule has 1 fully saturated rings. The van der Waals surface area contributed by atoms with Crippen molar-refractivity contribution in [2.75, 3.05) is 31.3 Å². The first-order chi connectivity index (χ1) is 18.0. The third-order valence-electron chi connectivity index (χ3n) is 6.97. The number of aromatic nitrogens is 3. The molecule has 2 aromatic carbocycles. The molecule has 11 heteroatoms. The zero-order valence-electron chi connectivity index (χ0n) is 22.3. The number of halogens is 2. The summed E-state index contributed by atoms with van der Waals surface area (Å²) in [7, 11) is 3.76. The molecule has 0 aliphatic carbocycles. The van der Waals surface area contributed by atoms with Crippen LogP contribution in [0.3, 0.4) is 0 Å². The van der Waals surface area contributed by atoms with Crippen molar-refractivity contribution >= 4 is 34.9 Å². The molecule has 0 spiro atoms. The minimum Gasteiger partial charge on any atom is -0.495 e. The fourth-order valence-corrected chi connectivity index (χ4v) is 5.04. The largest absolute Gasteiger partial charge is 0.495 e. The quantitative estimate of drug-likeness (QED) is 0.289. The summed E-state index contributed by atoms with van der Waals surface area (Å²) in [6, 6.07) is 6.89. The Morgan fingerprint density at radius 2 is 1.89 bits per heavy atom. The van der Waals surface area contributed by atoms with Gasteiger partial charge in [-0.2, -0.15) is 4.98 Å². The highest BCUT2D eigenvalue weighted by molar-refractivity contribution is 6.31. The van der Waals surface area contributed by atoms with Gasteiger partial charge in [0.05, 0.1) is 23.4 Å². The van der Waals surface area contributed by atoms with E-state index in [4.69, 9.17) is 22.1 Å². The number of nitrogens with one attached hydrogen (secondary N) is 2. The summed E-state index contributed by atoms with van der Waals surface area (Å²) >= 11 is 5.99. The van der Waals surface area contributed by atoms with E-state index in [1.54, 1.807) is 21.0 Å². The maximum absolute atomic E-state index is 14.1. The Kier molecular flexibility index (Phi) is 8.37. The first-order valence-corrected chi connectivity index (χ1v) is 12.9. The number of benzene rings is 2. The van der Waals surface area contributed by atoms with Crippen LogP contribution in [0, 0.1) is 12.7 Å². The normalized spacial score (nSPS) is 16.9. The van der Waals surface area contributed by atoms with Gasteiger partial charge in [0.1, 0.15) is 17.9 Å². The van der Waals surface area contributed by atoms with Crippen LogP contribution in [0.4, 0.5) is 27.7 Å². The van der Waals surface area contributed by atoms with Crippen molar-refractivity contribution in [1.82, 2.24) is 19.9 Å². The summed E-state index contributed by atoms with van der Waals surface area (Å²) in [6.07, 6.45) is 4.59. The molecule has 1 aliphatic rings. The number of aliphatic hydroxyl groups is 1. The topological polar surface area (TPSA) is 121 Å². The van der Waals surface area contributed by atoms with Gasteiger partial charge < -0.3 is 31.1 Å². The van der Waals surface area contributed by atoms with Crippen LogP contribution >= 0.6 is 11.6 Å². The molecule has 5 N–H and O–H groups in total. The molecule has 38 heavy (non-hydrogen) atoms. The highest BCUT2D eigenvalue weighted by Crippen LogP contribution is 2.36. The van der Waals surface area contributed by atoms with Crippen LogP contribution in [-0.4, -0.2) is 51.7 Å². The summed E-state index contributed by atoms with van der Waals surface area (Å²) in [5.74, 6) is 0.437. The van der Waals surface area contributed by atoms with Gasteiger partial charge in [-0.15, -0.1) is 0 Å². The monoisotopic (exact) mass is 543 g/mol. The predicted octanol–water partition coefficient (Wildman–Crippen LogP) is 5.18. The van der Waals surface area contributed by atoms with Crippen molar-refractivity contribution in [1.29, 1.82) is 0 Å². The zero-order chi connectivity index (χ0) is 27.6. The van der Waals surface area contributed by atoms with Gasteiger partial charge >= 0.3 is 0 Å². The molecule has 2 heterocycles. The smallest absolute Gasteiger partial charge is 0.232 e. The van der Waals surface area contributed by atoms with Crippen LogP contribution in [0.2, 0.25) is 5.02 Å². The molecular formula is C27H35ClFN7O2. The van der Waals surface area contributed by atoms with E-state index in [1.165, 1.54) is 24.9 Å². The highest BCUT2D eigenvalue weighted by Gasteiger charge is 2.25. The van der Waals surface area contributed by atoms with Crippen LogP contribution in [0.25, 0.3) is 0 Å². The van der Waals surface area contributed by atoms with Crippen molar-refractivity contribution in [2.45, 2.75) is 57.7 Å². The van der Waals surface area contributed by atoms with Gasteiger partial charge in [0.2, 0.25) is 11.9 Å². The van der Waals surface area contributed by atoms with Gasteiger partial charge in [0.15, 0.2) is 0 Å². The molecule has 1 aromatic heterocycles. The molecule has 0 radical (unpaired) electrons. The second-order valence-electron chi connectivity index (χ2n) is 10.3. The summed E-state index contributed by atoms with van der Waals surface area (Å²) < 4.78 is 19.8. The van der Waals surface area contributed by atoms with Gasteiger partial charge in [-0.3, -0.25) is 0 Å². The Morgan fingerprint density at radius 1 is 1.21 bits per heavy atom. The lowest BCUT2D eigenvalue weighted by atomic mass is 9.94. The fraction of sp³-hybridized carbons (Fsp3) is 0.444. The van der Waals surface area contributed by atoms with Crippen molar-refractivity contribution < 1.29 is 14.2 Å². The number of rotatable bonds is 9. The average Bonchev–Trinajstić information content (AvgIpc) is 3.25. The molecule has 2 atom stereocenters. The van der Waals surface area contributed by atoms with Crippen LogP contribution in [0.15, 0.2) is 30.6 Å². The first-order valence-electron chi connectivity index (χ1n) is 12.6. The number of methoxy groups -OCH3 is 1. The molecule has 1 saturated heterocycles. The maximum Gasteiger partial charge on any atom is 0.232 e. The molecule has 204 valence electrons.